The van der Waals surface area contributed by atoms with Gasteiger partial charge in [0.25, 0.3) is 0 Å². The lowest BCUT2D eigenvalue weighted by atomic mass is 10.2. The van der Waals surface area contributed by atoms with Crippen LogP contribution in [0.15, 0.2) is 18.2 Å². The van der Waals surface area contributed by atoms with Gasteiger partial charge in [0.1, 0.15) is 5.82 Å². The number of hydrogen-bond acceptors (Lipinski definition) is 3. The first-order valence-corrected chi connectivity index (χ1v) is 4.59. The fourth-order valence-corrected chi connectivity index (χ4v) is 1.21. The zero-order valence-corrected chi connectivity index (χ0v) is 8.13. The summed E-state index contributed by atoms with van der Waals surface area (Å²) in [5.41, 5.74) is 6.45. The number of hydrogen-bond donors (Lipinski definition) is 3. The Morgan fingerprint density at radius 3 is 2.71 bits per heavy atom. The zero-order chi connectivity index (χ0) is 10.6. The van der Waals surface area contributed by atoms with Crippen molar-refractivity contribution in [1.82, 2.24) is 0 Å². The monoisotopic (exact) mass is 198 g/mol. The summed E-state index contributed by atoms with van der Waals surface area (Å²) in [4.78, 5) is 0. The van der Waals surface area contributed by atoms with Crippen molar-refractivity contribution in [2.75, 3.05) is 17.7 Å². The lowest BCUT2D eigenvalue weighted by molar-refractivity contribution is 0.272. The van der Waals surface area contributed by atoms with E-state index in [9.17, 15) is 4.39 Å². The molecule has 0 aromatic heterocycles. The molecule has 4 heteroatoms. The van der Waals surface area contributed by atoms with Crippen LogP contribution in [0.5, 0.6) is 0 Å². The Hall–Kier alpha value is -1.29. The number of benzene rings is 1. The van der Waals surface area contributed by atoms with Crippen LogP contribution in [-0.2, 0) is 0 Å². The van der Waals surface area contributed by atoms with Crippen LogP contribution >= 0.6 is 0 Å². The lowest BCUT2D eigenvalue weighted by Gasteiger charge is -2.15. The van der Waals surface area contributed by atoms with Crippen molar-refractivity contribution in [2.45, 2.75) is 19.4 Å². The molecule has 14 heavy (non-hydrogen) atoms. The molecule has 0 amide bonds. The Balaban J connectivity index is 2.75. The molecule has 1 atom stereocenters. The van der Waals surface area contributed by atoms with E-state index in [0.717, 1.165) is 6.42 Å². The van der Waals surface area contributed by atoms with Crippen molar-refractivity contribution in [3.05, 3.63) is 24.0 Å². The fourth-order valence-electron chi connectivity index (χ4n) is 1.21. The molecule has 1 aromatic carbocycles. The summed E-state index contributed by atoms with van der Waals surface area (Å²) in [6.07, 6.45) is 0.771. The molecular weight excluding hydrogens is 183 g/mol. The average molecular weight is 198 g/mol. The highest BCUT2D eigenvalue weighted by Gasteiger charge is 2.05. The van der Waals surface area contributed by atoms with Crippen LogP contribution in [0.25, 0.3) is 0 Å². The molecule has 1 aromatic rings. The predicted octanol–water partition coefficient (Wildman–Crippen LogP) is 1.59. The van der Waals surface area contributed by atoms with E-state index in [-0.39, 0.29) is 18.5 Å². The third kappa shape index (κ3) is 2.88. The Bertz CT molecular complexity index is 280. The second-order valence-electron chi connectivity index (χ2n) is 3.21. The third-order valence-corrected chi connectivity index (χ3v) is 2.00. The maximum absolute atomic E-state index is 12.9. The normalized spacial score (nSPS) is 12.5. The Morgan fingerprint density at radius 2 is 2.21 bits per heavy atom. The molecule has 4 N–H and O–H groups in total. The van der Waals surface area contributed by atoms with Crippen LogP contribution < -0.4 is 11.1 Å². The first kappa shape index (κ1) is 10.8. The first-order valence-electron chi connectivity index (χ1n) is 4.59. The first-order chi connectivity index (χ1) is 6.65. The van der Waals surface area contributed by atoms with E-state index >= 15 is 0 Å². The van der Waals surface area contributed by atoms with Gasteiger partial charge in [0.15, 0.2) is 0 Å². The van der Waals surface area contributed by atoms with E-state index in [0.29, 0.717) is 11.4 Å². The molecule has 0 aliphatic rings. The van der Waals surface area contributed by atoms with Crippen molar-refractivity contribution >= 4 is 11.4 Å². The molecule has 0 saturated carbocycles. The van der Waals surface area contributed by atoms with Crippen molar-refractivity contribution in [3.8, 4) is 0 Å². The number of anilines is 2. The summed E-state index contributed by atoms with van der Waals surface area (Å²) >= 11 is 0. The van der Waals surface area contributed by atoms with Crippen LogP contribution in [0.4, 0.5) is 15.8 Å². The molecule has 0 heterocycles. The van der Waals surface area contributed by atoms with Crippen LogP contribution in [0.3, 0.4) is 0 Å². The van der Waals surface area contributed by atoms with Gasteiger partial charge < -0.3 is 16.2 Å². The fraction of sp³-hybridized carbons (Fsp3) is 0.400. The van der Waals surface area contributed by atoms with Gasteiger partial charge in [-0.05, 0) is 24.6 Å². The van der Waals surface area contributed by atoms with Crippen molar-refractivity contribution in [2.24, 2.45) is 0 Å². The van der Waals surface area contributed by atoms with Gasteiger partial charge in [-0.1, -0.05) is 6.92 Å². The minimum absolute atomic E-state index is 0.0208. The second-order valence-corrected chi connectivity index (χ2v) is 3.21. The summed E-state index contributed by atoms with van der Waals surface area (Å²) in [7, 11) is 0. The number of aliphatic hydroxyl groups is 1. The number of aliphatic hydroxyl groups excluding tert-OH is 1. The van der Waals surface area contributed by atoms with E-state index < -0.39 is 0 Å². The molecule has 78 valence electrons. The molecule has 0 aliphatic heterocycles. The van der Waals surface area contributed by atoms with E-state index in [2.05, 4.69) is 5.32 Å². The molecule has 0 aliphatic carbocycles. The smallest absolute Gasteiger partial charge is 0.127 e. The van der Waals surface area contributed by atoms with Crippen molar-refractivity contribution < 1.29 is 9.50 Å². The molecule has 0 fully saturated rings. The maximum Gasteiger partial charge on any atom is 0.127 e. The predicted molar refractivity (Wildman–Crippen MR) is 55.6 cm³/mol. The van der Waals surface area contributed by atoms with E-state index in [1.165, 1.54) is 12.1 Å². The molecule has 0 radical (unpaired) electrons. The van der Waals surface area contributed by atoms with Gasteiger partial charge in [-0.15, -0.1) is 0 Å². The Labute approximate surface area is 82.7 Å². The molecule has 1 unspecified atom stereocenters. The quantitative estimate of drug-likeness (QED) is 0.644. The largest absolute Gasteiger partial charge is 0.399 e. The molecule has 1 rings (SSSR count). The molecule has 0 bridgehead atoms. The van der Waals surface area contributed by atoms with Crippen molar-refractivity contribution in [3.63, 3.8) is 0 Å². The second kappa shape index (κ2) is 4.81. The number of halogens is 1. The van der Waals surface area contributed by atoms with Gasteiger partial charge in [0, 0.05) is 17.4 Å². The van der Waals surface area contributed by atoms with Gasteiger partial charge in [-0.25, -0.2) is 4.39 Å². The number of nitrogen functional groups attached to an aromatic ring is 1. The Kier molecular flexibility index (Phi) is 3.71. The molecule has 0 spiro atoms. The average Bonchev–Trinajstić information content (AvgIpc) is 2.12. The molecule has 3 nitrogen and oxygen atoms in total. The highest BCUT2D eigenvalue weighted by molar-refractivity contribution is 5.55. The number of nitrogens with two attached hydrogens (primary N) is 1. The van der Waals surface area contributed by atoms with Gasteiger partial charge in [-0.2, -0.15) is 0 Å². The van der Waals surface area contributed by atoms with E-state index in [1.54, 1.807) is 6.07 Å². The van der Waals surface area contributed by atoms with Crippen LogP contribution in [0.1, 0.15) is 13.3 Å². The van der Waals surface area contributed by atoms with Crippen LogP contribution in [-0.4, -0.2) is 17.8 Å². The summed E-state index contributed by atoms with van der Waals surface area (Å²) in [5.74, 6) is -0.375. The summed E-state index contributed by atoms with van der Waals surface area (Å²) in [5, 5.41) is 11.9. The van der Waals surface area contributed by atoms with E-state index in [4.69, 9.17) is 10.8 Å². The minimum atomic E-state index is -0.375. The van der Waals surface area contributed by atoms with Crippen LogP contribution in [0, 0.1) is 5.82 Å². The van der Waals surface area contributed by atoms with Crippen LogP contribution in [0.2, 0.25) is 0 Å². The van der Waals surface area contributed by atoms with Gasteiger partial charge in [0.05, 0.1) is 6.61 Å². The lowest BCUT2D eigenvalue weighted by Crippen LogP contribution is -2.22. The van der Waals surface area contributed by atoms with Gasteiger partial charge >= 0.3 is 0 Å². The minimum Gasteiger partial charge on any atom is -0.399 e. The standard InChI is InChI=1S/C10H15FN2O/c1-2-9(6-14)13-10-4-7(11)3-8(12)5-10/h3-5,9,13-14H,2,6,12H2,1H3. The highest BCUT2D eigenvalue weighted by atomic mass is 19.1. The zero-order valence-electron chi connectivity index (χ0n) is 8.13. The number of nitrogens with one attached hydrogen (secondary N) is 1. The third-order valence-electron chi connectivity index (χ3n) is 2.00. The molecular formula is C10H15FN2O. The van der Waals surface area contributed by atoms with Crippen molar-refractivity contribution in [1.29, 1.82) is 0 Å². The number of rotatable bonds is 4. The summed E-state index contributed by atoms with van der Waals surface area (Å²) in [6, 6.07) is 4.19. The summed E-state index contributed by atoms with van der Waals surface area (Å²) in [6.45, 7) is 1.96. The topological polar surface area (TPSA) is 58.3 Å². The van der Waals surface area contributed by atoms with Gasteiger partial charge in [0.2, 0.25) is 0 Å². The Morgan fingerprint density at radius 1 is 1.50 bits per heavy atom. The van der Waals surface area contributed by atoms with E-state index in [1.807, 2.05) is 6.92 Å². The maximum atomic E-state index is 12.9. The van der Waals surface area contributed by atoms with Gasteiger partial charge in [-0.3, -0.25) is 0 Å². The molecule has 0 saturated heterocycles. The SMILES string of the molecule is CCC(CO)Nc1cc(N)cc(F)c1. The summed E-state index contributed by atoms with van der Waals surface area (Å²) < 4.78 is 12.9. The highest BCUT2D eigenvalue weighted by Crippen LogP contribution is 2.16.